The van der Waals surface area contributed by atoms with Gasteiger partial charge in [0.05, 0.1) is 23.2 Å². The average Bonchev–Trinajstić information content (AvgIpc) is 3.29. The van der Waals surface area contributed by atoms with Gasteiger partial charge >= 0.3 is 0 Å². The monoisotopic (exact) mass is 356 g/mol. The van der Waals surface area contributed by atoms with E-state index in [0.29, 0.717) is 17.1 Å². The van der Waals surface area contributed by atoms with Crippen LogP contribution in [0.1, 0.15) is 16.3 Å². The fraction of sp³-hybridized carbons (Fsp3) is 0. The summed E-state index contributed by atoms with van der Waals surface area (Å²) >= 11 is 6.15. The van der Waals surface area contributed by atoms with E-state index in [1.54, 1.807) is 42.5 Å². The van der Waals surface area contributed by atoms with Crippen molar-refractivity contribution in [3.05, 3.63) is 77.6 Å². The van der Waals surface area contributed by atoms with Crippen molar-refractivity contribution >= 4 is 40.9 Å². The van der Waals surface area contributed by atoms with E-state index in [9.17, 15) is 9.59 Å². The second kappa shape index (κ2) is 7.55. The maximum Gasteiger partial charge on any atom is 0.291 e. The number of amides is 2. The zero-order chi connectivity index (χ0) is 17.6. The van der Waals surface area contributed by atoms with Gasteiger partial charge in [0.2, 0.25) is 5.91 Å². The molecule has 0 aliphatic rings. The van der Waals surface area contributed by atoms with Crippen LogP contribution >= 0.6 is 11.6 Å². The molecule has 0 fully saturated rings. The zero-order valence-corrected chi connectivity index (χ0v) is 13.6. The Morgan fingerprint density at radius 3 is 2.48 bits per heavy atom. The summed E-state index contributed by atoms with van der Waals surface area (Å²) < 4.78 is 10.1. The molecule has 2 heterocycles. The Bertz CT molecular complexity index is 899. The lowest BCUT2D eigenvalue weighted by molar-refractivity contribution is -0.111. The molecule has 126 valence electrons. The molecule has 0 atom stereocenters. The molecule has 0 bridgehead atoms. The summed E-state index contributed by atoms with van der Waals surface area (Å²) in [5.74, 6) is 0.00517. The third-order valence-corrected chi connectivity index (χ3v) is 3.48. The molecule has 3 rings (SSSR count). The van der Waals surface area contributed by atoms with Gasteiger partial charge in [-0.2, -0.15) is 0 Å². The van der Waals surface area contributed by atoms with Gasteiger partial charge in [0, 0.05) is 11.8 Å². The minimum atomic E-state index is -0.412. The largest absolute Gasteiger partial charge is 0.465 e. The average molecular weight is 357 g/mol. The minimum absolute atomic E-state index is 0.177. The van der Waals surface area contributed by atoms with E-state index in [2.05, 4.69) is 10.6 Å². The predicted molar refractivity (Wildman–Crippen MR) is 94.5 cm³/mol. The van der Waals surface area contributed by atoms with E-state index in [1.165, 1.54) is 24.7 Å². The third kappa shape index (κ3) is 4.39. The van der Waals surface area contributed by atoms with E-state index in [0.717, 1.165) is 0 Å². The van der Waals surface area contributed by atoms with Crippen molar-refractivity contribution in [2.24, 2.45) is 0 Å². The van der Waals surface area contributed by atoms with Crippen molar-refractivity contribution < 1.29 is 18.4 Å². The molecule has 2 amide bonds. The van der Waals surface area contributed by atoms with Crippen LogP contribution in [0.2, 0.25) is 5.02 Å². The van der Waals surface area contributed by atoms with Gasteiger partial charge in [-0.3, -0.25) is 9.59 Å². The van der Waals surface area contributed by atoms with Gasteiger partial charge in [-0.15, -0.1) is 0 Å². The molecule has 0 aliphatic carbocycles. The summed E-state index contributed by atoms with van der Waals surface area (Å²) in [5.41, 5.74) is 0.905. The number of rotatable bonds is 5. The summed E-state index contributed by atoms with van der Waals surface area (Å²) in [4.78, 5) is 23.8. The van der Waals surface area contributed by atoms with Crippen LogP contribution in [-0.2, 0) is 4.79 Å². The maximum absolute atomic E-state index is 11.9. The first-order valence-corrected chi connectivity index (χ1v) is 7.66. The van der Waals surface area contributed by atoms with E-state index >= 15 is 0 Å². The molecule has 7 heteroatoms. The number of furan rings is 2. The smallest absolute Gasteiger partial charge is 0.291 e. The molecule has 0 radical (unpaired) electrons. The van der Waals surface area contributed by atoms with E-state index in [-0.39, 0.29) is 16.7 Å². The SMILES string of the molecule is O=C(/C=C/c1ccco1)Nc1ccc(NC(=O)c2ccco2)c(Cl)c1. The van der Waals surface area contributed by atoms with E-state index < -0.39 is 5.91 Å². The topological polar surface area (TPSA) is 84.5 Å². The van der Waals surface area contributed by atoms with Gasteiger partial charge in [0.15, 0.2) is 5.76 Å². The van der Waals surface area contributed by atoms with Crippen LogP contribution in [0, 0.1) is 0 Å². The highest BCUT2D eigenvalue weighted by molar-refractivity contribution is 6.34. The second-order valence-corrected chi connectivity index (χ2v) is 5.37. The Balaban J connectivity index is 1.63. The second-order valence-electron chi connectivity index (χ2n) is 4.96. The minimum Gasteiger partial charge on any atom is -0.465 e. The molecule has 6 nitrogen and oxygen atoms in total. The molecule has 1 aromatic carbocycles. The molecular formula is C18H13ClN2O4. The Labute approximate surface area is 148 Å². The number of carbonyl (C=O) groups is 2. The van der Waals surface area contributed by atoms with Gasteiger partial charge in [-0.1, -0.05) is 11.6 Å². The third-order valence-electron chi connectivity index (χ3n) is 3.17. The first-order chi connectivity index (χ1) is 12.1. The maximum atomic E-state index is 11.9. The number of carbonyl (C=O) groups excluding carboxylic acids is 2. The van der Waals surface area contributed by atoms with Gasteiger partial charge in [-0.25, -0.2) is 0 Å². The molecule has 25 heavy (non-hydrogen) atoms. The summed E-state index contributed by atoms with van der Waals surface area (Å²) in [6.45, 7) is 0. The van der Waals surface area contributed by atoms with E-state index in [1.807, 2.05) is 0 Å². The number of nitrogens with one attached hydrogen (secondary N) is 2. The first kappa shape index (κ1) is 16.6. The summed E-state index contributed by atoms with van der Waals surface area (Å²) in [6, 6.07) is 11.4. The molecule has 0 saturated carbocycles. The fourth-order valence-electron chi connectivity index (χ4n) is 2.01. The van der Waals surface area contributed by atoms with Crippen molar-refractivity contribution in [3.63, 3.8) is 0 Å². The van der Waals surface area contributed by atoms with Crippen LogP contribution in [0.5, 0.6) is 0 Å². The summed E-state index contributed by atoms with van der Waals surface area (Å²) in [7, 11) is 0. The number of benzene rings is 1. The molecule has 2 aromatic heterocycles. The van der Waals surface area contributed by atoms with E-state index in [4.69, 9.17) is 20.4 Å². The highest BCUT2D eigenvalue weighted by Gasteiger charge is 2.11. The Morgan fingerprint density at radius 2 is 1.80 bits per heavy atom. The van der Waals surface area contributed by atoms with Gasteiger partial charge in [0.25, 0.3) is 5.91 Å². The molecule has 0 unspecified atom stereocenters. The summed E-state index contributed by atoms with van der Waals surface area (Å²) in [5, 5.41) is 5.59. The van der Waals surface area contributed by atoms with Crippen LogP contribution in [-0.4, -0.2) is 11.8 Å². The zero-order valence-electron chi connectivity index (χ0n) is 12.9. The molecule has 0 aliphatic heterocycles. The summed E-state index contributed by atoms with van der Waals surface area (Å²) in [6.07, 6.45) is 5.83. The van der Waals surface area contributed by atoms with Gasteiger partial charge < -0.3 is 19.5 Å². The Hall–Kier alpha value is -3.25. The Kier molecular flexibility index (Phi) is 5.01. The van der Waals surface area contributed by atoms with Crippen LogP contribution in [0.4, 0.5) is 11.4 Å². The normalized spacial score (nSPS) is 10.8. The van der Waals surface area contributed by atoms with Crippen LogP contribution in [0.25, 0.3) is 6.08 Å². The lowest BCUT2D eigenvalue weighted by Crippen LogP contribution is -2.12. The molecule has 3 aromatic rings. The van der Waals surface area contributed by atoms with Crippen LogP contribution in [0.15, 0.2) is 69.9 Å². The van der Waals surface area contributed by atoms with Gasteiger partial charge in [0.1, 0.15) is 5.76 Å². The molecule has 0 spiro atoms. The lowest BCUT2D eigenvalue weighted by atomic mass is 10.2. The van der Waals surface area contributed by atoms with Crippen molar-refractivity contribution in [1.29, 1.82) is 0 Å². The standard InChI is InChI=1S/C18H13ClN2O4/c19-14-11-12(20-17(22)8-6-13-3-1-9-24-13)5-7-15(14)21-18(23)16-4-2-10-25-16/h1-11H,(H,20,22)(H,21,23)/b8-6+. The lowest BCUT2D eigenvalue weighted by Gasteiger charge is -2.08. The van der Waals surface area contributed by atoms with Crippen molar-refractivity contribution in [1.82, 2.24) is 0 Å². The predicted octanol–water partition coefficient (Wildman–Crippen LogP) is 4.43. The van der Waals surface area contributed by atoms with Crippen LogP contribution < -0.4 is 10.6 Å². The van der Waals surface area contributed by atoms with Crippen molar-refractivity contribution in [2.45, 2.75) is 0 Å². The van der Waals surface area contributed by atoms with Gasteiger partial charge in [-0.05, 0) is 48.5 Å². The fourth-order valence-corrected chi connectivity index (χ4v) is 2.24. The van der Waals surface area contributed by atoms with Crippen LogP contribution in [0.3, 0.4) is 0 Å². The van der Waals surface area contributed by atoms with Crippen molar-refractivity contribution in [3.8, 4) is 0 Å². The quantitative estimate of drug-likeness (QED) is 0.662. The number of hydrogen-bond acceptors (Lipinski definition) is 4. The Morgan fingerprint density at radius 1 is 1.00 bits per heavy atom. The number of hydrogen-bond donors (Lipinski definition) is 2. The molecule has 2 N–H and O–H groups in total. The molecule has 0 saturated heterocycles. The highest BCUT2D eigenvalue weighted by atomic mass is 35.5. The number of anilines is 2. The molecular weight excluding hydrogens is 344 g/mol. The van der Waals surface area contributed by atoms with Crippen molar-refractivity contribution in [2.75, 3.05) is 10.6 Å². The highest BCUT2D eigenvalue weighted by Crippen LogP contribution is 2.26. The number of halogens is 1. The first-order valence-electron chi connectivity index (χ1n) is 7.29.